The van der Waals surface area contributed by atoms with Gasteiger partial charge in [-0.25, -0.2) is 0 Å². The molecule has 0 amide bonds. The van der Waals surface area contributed by atoms with Crippen LogP contribution in [0, 0.1) is 81.8 Å². The molecule has 302 valence electrons. The Kier molecular flexibility index (Phi) is 13.3. The molecule has 0 radical (unpaired) electrons. The SMILES string of the molecule is CC1CC2C(C3CCC(C(C)(C)C)CC3)CCCC2C1[Si](C)(CCCCCOC(C)(C)C)C1C(C)CC2C(C3CCC(C(C)(C)C)CC3)CCCC21. The molecule has 0 aromatic carbocycles. The van der Waals surface area contributed by atoms with E-state index in [-0.39, 0.29) is 5.60 Å². The maximum absolute atomic E-state index is 6.24. The molecule has 0 saturated heterocycles. The van der Waals surface area contributed by atoms with E-state index in [9.17, 15) is 0 Å². The highest BCUT2D eigenvalue weighted by Crippen LogP contribution is 2.68. The second-order valence-corrected chi connectivity index (χ2v) is 29.4. The third kappa shape index (κ3) is 9.15. The predicted octanol–water partition coefficient (Wildman–Crippen LogP) is 15.6. The first-order valence-corrected chi connectivity index (χ1v) is 26.9. The van der Waals surface area contributed by atoms with Crippen LogP contribution in [0.5, 0.6) is 0 Å². The Balaban J connectivity index is 1.21. The fourth-order valence-corrected chi connectivity index (χ4v) is 24.0. The summed E-state index contributed by atoms with van der Waals surface area (Å²) in [6, 6.07) is 1.63. The second-order valence-electron chi connectivity index (χ2n) is 24.6. The average molecular weight is 737 g/mol. The molecule has 10 atom stereocenters. The maximum Gasteiger partial charge on any atom is 0.0598 e. The second kappa shape index (κ2) is 16.6. The summed E-state index contributed by atoms with van der Waals surface area (Å²) in [5.41, 5.74) is 3.17. The standard InChI is InChI=1S/C50H92OSi/c1-34-32-44-40(36-22-26-38(27-23-36)48(3,4)5)18-16-20-42(44)46(34)52(12,31-15-13-14-30-51-50(9,10)11)47-35(2)33-45-41(19-17-21-43(45)47)37-24-28-39(29-25-37)49(6,7)8/h34-47H,13-33H2,1-12H3. The Morgan fingerprint density at radius 3 is 1.27 bits per heavy atom. The molecule has 0 spiro atoms. The molecule has 0 aromatic rings. The van der Waals surface area contributed by atoms with Crippen molar-refractivity contribution in [3.63, 3.8) is 0 Å². The molecule has 0 aliphatic heterocycles. The van der Waals surface area contributed by atoms with Gasteiger partial charge in [0.15, 0.2) is 0 Å². The van der Waals surface area contributed by atoms with Crippen LogP contribution in [0.25, 0.3) is 0 Å². The van der Waals surface area contributed by atoms with Crippen molar-refractivity contribution in [2.75, 3.05) is 6.61 Å². The van der Waals surface area contributed by atoms with Gasteiger partial charge in [0.1, 0.15) is 0 Å². The summed E-state index contributed by atoms with van der Waals surface area (Å²) in [7, 11) is -1.59. The molecule has 6 saturated carbocycles. The van der Waals surface area contributed by atoms with Crippen molar-refractivity contribution >= 4 is 8.07 Å². The van der Waals surface area contributed by atoms with Crippen LogP contribution in [0.4, 0.5) is 0 Å². The van der Waals surface area contributed by atoms with Gasteiger partial charge in [-0.2, -0.15) is 0 Å². The van der Waals surface area contributed by atoms with E-state index in [0.717, 1.165) is 88.7 Å². The fourth-order valence-electron chi connectivity index (χ4n) is 16.3. The van der Waals surface area contributed by atoms with Gasteiger partial charge in [-0.05, 0) is 197 Å². The van der Waals surface area contributed by atoms with Crippen LogP contribution in [0.1, 0.15) is 198 Å². The van der Waals surface area contributed by atoms with Gasteiger partial charge in [0.2, 0.25) is 0 Å². The highest BCUT2D eigenvalue weighted by atomic mass is 28.3. The Bertz CT molecular complexity index is 1030. The lowest BCUT2D eigenvalue weighted by Crippen LogP contribution is -2.50. The normalized spacial score (nSPS) is 43.2. The molecule has 52 heavy (non-hydrogen) atoms. The number of hydrogen-bond acceptors (Lipinski definition) is 1. The lowest BCUT2D eigenvalue weighted by atomic mass is 9.61. The first-order chi connectivity index (χ1) is 24.4. The van der Waals surface area contributed by atoms with Crippen LogP contribution in [-0.2, 0) is 4.74 Å². The molecule has 0 aromatic heterocycles. The van der Waals surface area contributed by atoms with E-state index in [1.54, 1.807) is 83.1 Å². The van der Waals surface area contributed by atoms with E-state index >= 15 is 0 Å². The van der Waals surface area contributed by atoms with Gasteiger partial charge >= 0.3 is 0 Å². The molecule has 6 rings (SSSR count). The van der Waals surface area contributed by atoms with E-state index in [1.807, 2.05) is 0 Å². The minimum absolute atomic E-state index is 0.00112. The molecular weight excluding hydrogens is 645 g/mol. The number of ether oxygens (including phenoxy) is 1. The van der Waals surface area contributed by atoms with Crippen molar-refractivity contribution < 1.29 is 4.74 Å². The molecule has 1 nitrogen and oxygen atoms in total. The monoisotopic (exact) mass is 737 g/mol. The zero-order chi connectivity index (χ0) is 37.6. The number of rotatable bonds is 10. The average Bonchev–Trinajstić information content (AvgIpc) is 3.61. The molecule has 2 heteroatoms. The van der Waals surface area contributed by atoms with E-state index in [4.69, 9.17) is 4.74 Å². The van der Waals surface area contributed by atoms with Crippen LogP contribution in [0.2, 0.25) is 23.7 Å². The maximum atomic E-state index is 6.24. The Morgan fingerprint density at radius 2 is 0.885 bits per heavy atom. The molecule has 6 aliphatic carbocycles. The molecule has 10 unspecified atom stereocenters. The van der Waals surface area contributed by atoms with Crippen molar-refractivity contribution in [2.45, 2.75) is 227 Å². The summed E-state index contributed by atoms with van der Waals surface area (Å²) in [4.78, 5) is 0. The van der Waals surface area contributed by atoms with Gasteiger partial charge in [0.25, 0.3) is 0 Å². The van der Waals surface area contributed by atoms with Crippen LogP contribution in [-0.4, -0.2) is 20.3 Å². The van der Waals surface area contributed by atoms with Crippen molar-refractivity contribution in [3.05, 3.63) is 0 Å². The third-order valence-corrected chi connectivity index (χ3v) is 24.9. The molecular formula is C50H92OSi. The van der Waals surface area contributed by atoms with E-state index in [1.165, 1.54) is 44.9 Å². The minimum Gasteiger partial charge on any atom is -0.376 e. The van der Waals surface area contributed by atoms with Gasteiger partial charge in [0, 0.05) is 6.61 Å². The summed E-state index contributed by atoms with van der Waals surface area (Å²) >= 11 is 0. The van der Waals surface area contributed by atoms with Crippen LogP contribution in [0.15, 0.2) is 0 Å². The zero-order valence-corrected chi connectivity index (χ0v) is 38.3. The van der Waals surface area contributed by atoms with Gasteiger partial charge in [0.05, 0.1) is 13.7 Å². The first-order valence-electron chi connectivity index (χ1n) is 24.0. The Morgan fingerprint density at radius 1 is 0.481 bits per heavy atom. The summed E-state index contributed by atoms with van der Waals surface area (Å²) in [5.74, 6) is 12.3. The third-order valence-electron chi connectivity index (χ3n) is 18.4. The van der Waals surface area contributed by atoms with Crippen LogP contribution >= 0.6 is 0 Å². The number of unbranched alkanes of at least 4 members (excludes halogenated alkanes) is 2. The van der Waals surface area contributed by atoms with Crippen LogP contribution < -0.4 is 0 Å². The van der Waals surface area contributed by atoms with Crippen molar-refractivity contribution in [1.82, 2.24) is 0 Å². The largest absolute Gasteiger partial charge is 0.376 e. The van der Waals surface area contributed by atoms with Crippen LogP contribution in [0.3, 0.4) is 0 Å². The molecule has 6 fully saturated rings. The van der Waals surface area contributed by atoms with E-state index < -0.39 is 8.07 Å². The molecule has 6 aliphatic rings. The molecule has 0 bridgehead atoms. The molecule has 0 N–H and O–H groups in total. The predicted molar refractivity (Wildman–Crippen MR) is 229 cm³/mol. The lowest BCUT2D eigenvalue weighted by molar-refractivity contribution is -0.00462. The summed E-state index contributed by atoms with van der Waals surface area (Å²) in [6.45, 7) is 31.4. The summed E-state index contributed by atoms with van der Waals surface area (Å²) in [5, 5.41) is 0. The zero-order valence-electron chi connectivity index (χ0n) is 37.3. The van der Waals surface area contributed by atoms with Gasteiger partial charge < -0.3 is 4.74 Å². The van der Waals surface area contributed by atoms with Crippen molar-refractivity contribution in [2.24, 2.45) is 81.8 Å². The van der Waals surface area contributed by atoms with Crippen molar-refractivity contribution in [1.29, 1.82) is 0 Å². The van der Waals surface area contributed by atoms with Gasteiger partial charge in [-0.3, -0.25) is 0 Å². The number of hydrogen-bond donors (Lipinski definition) is 0. The van der Waals surface area contributed by atoms with Gasteiger partial charge in [-0.1, -0.05) is 107 Å². The first kappa shape index (κ1) is 41.8. The lowest BCUT2D eigenvalue weighted by Gasteiger charge is -2.52. The van der Waals surface area contributed by atoms with E-state index in [0.29, 0.717) is 10.8 Å². The summed E-state index contributed by atoms with van der Waals surface area (Å²) < 4.78 is 6.24. The van der Waals surface area contributed by atoms with E-state index in [2.05, 4.69) is 82.7 Å². The highest BCUT2D eigenvalue weighted by Gasteiger charge is 2.61. The minimum atomic E-state index is -1.59. The highest BCUT2D eigenvalue weighted by molar-refractivity contribution is 6.81. The fraction of sp³-hybridized carbons (Fsp3) is 1.00. The Labute approximate surface area is 327 Å². The summed E-state index contributed by atoms with van der Waals surface area (Å²) in [6.07, 6.45) is 29.0. The topological polar surface area (TPSA) is 9.23 Å². The quantitative estimate of drug-likeness (QED) is 0.160. The smallest absolute Gasteiger partial charge is 0.0598 e. The Hall–Kier alpha value is 0.177. The van der Waals surface area contributed by atoms with Crippen molar-refractivity contribution in [3.8, 4) is 0 Å². The number of fused-ring (bicyclic) bond motifs is 2. The van der Waals surface area contributed by atoms with Gasteiger partial charge in [-0.15, -0.1) is 0 Å². The molecule has 0 heterocycles.